The summed E-state index contributed by atoms with van der Waals surface area (Å²) in [6.45, 7) is 0.589. The van der Waals surface area contributed by atoms with Crippen molar-refractivity contribution in [3.63, 3.8) is 0 Å². The molecule has 2 aliphatic rings. The van der Waals surface area contributed by atoms with Crippen molar-refractivity contribution in [1.29, 1.82) is 0 Å². The summed E-state index contributed by atoms with van der Waals surface area (Å²) in [5.74, 6) is 1.37. The van der Waals surface area contributed by atoms with E-state index >= 15 is 0 Å². The van der Waals surface area contributed by atoms with Gasteiger partial charge >= 0.3 is 0 Å². The number of anilines is 1. The van der Waals surface area contributed by atoms with Crippen LogP contribution in [0.1, 0.15) is 5.89 Å². The molecule has 0 saturated carbocycles. The van der Waals surface area contributed by atoms with Gasteiger partial charge in [-0.2, -0.15) is 4.98 Å². The third-order valence-electron chi connectivity index (χ3n) is 5.06. The molecular formula is C20H19ClN6O2S. The minimum Gasteiger partial charge on any atom is -0.338 e. The van der Waals surface area contributed by atoms with Crippen LogP contribution in [0.15, 0.2) is 59.1 Å². The standard InChI is InChI=1S/C20H19ClN6O2S/c21-13-8-6-12(7-9-13)17-23-16(29-26-17)11-30-20-24-18-15(10-22-25-18)19(28)27(20)14-4-2-1-3-5-14/h1-9,15,18,20,22,24-25H,10-11H2. The van der Waals surface area contributed by atoms with E-state index in [0.29, 0.717) is 29.0 Å². The number of thioether (sulfide) groups is 1. The van der Waals surface area contributed by atoms with E-state index in [2.05, 4.69) is 26.3 Å². The van der Waals surface area contributed by atoms with Crippen molar-refractivity contribution >= 4 is 35.0 Å². The van der Waals surface area contributed by atoms with Gasteiger partial charge in [-0.1, -0.05) is 35.0 Å². The number of amides is 1. The highest BCUT2D eigenvalue weighted by Gasteiger charge is 2.44. The molecule has 1 aromatic heterocycles. The van der Waals surface area contributed by atoms with Gasteiger partial charge in [0.25, 0.3) is 0 Å². The van der Waals surface area contributed by atoms with Crippen LogP contribution >= 0.6 is 23.4 Å². The van der Waals surface area contributed by atoms with Crippen LogP contribution in [-0.4, -0.2) is 34.3 Å². The van der Waals surface area contributed by atoms with Crippen molar-refractivity contribution in [2.75, 3.05) is 11.4 Å². The fourth-order valence-corrected chi connectivity index (χ4v) is 4.72. The SMILES string of the molecule is O=C1C2CNNC2NC(SCc2nc(-c3ccc(Cl)cc3)no2)N1c1ccccc1. The maximum Gasteiger partial charge on any atom is 0.237 e. The fourth-order valence-electron chi connectivity index (χ4n) is 3.56. The van der Waals surface area contributed by atoms with Crippen LogP contribution in [0.4, 0.5) is 5.69 Å². The van der Waals surface area contributed by atoms with Gasteiger partial charge in [-0.3, -0.25) is 20.4 Å². The Kier molecular flexibility index (Phi) is 5.45. The van der Waals surface area contributed by atoms with Crippen molar-refractivity contribution in [3.05, 3.63) is 65.5 Å². The van der Waals surface area contributed by atoms with E-state index in [1.165, 1.54) is 11.8 Å². The molecule has 0 bridgehead atoms. The smallest absolute Gasteiger partial charge is 0.237 e. The number of benzene rings is 2. The van der Waals surface area contributed by atoms with Gasteiger partial charge in [0.05, 0.1) is 17.8 Å². The highest BCUT2D eigenvalue weighted by atomic mass is 35.5. The van der Waals surface area contributed by atoms with E-state index in [1.54, 1.807) is 17.0 Å². The number of hydrogen-bond acceptors (Lipinski definition) is 8. The van der Waals surface area contributed by atoms with Crippen LogP contribution in [0, 0.1) is 5.92 Å². The maximum atomic E-state index is 13.2. The molecule has 0 spiro atoms. The topological polar surface area (TPSA) is 95.3 Å². The Balaban J connectivity index is 1.33. The number of hydrogen-bond donors (Lipinski definition) is 3. The van der Waals surface area contributed by atoms with Gasteiger partial charge in [-0.25, -0.2) is 5.43 Å². The summed E-state index contributed by atoms with van der Waals surface area (Å²) in [4.78, 5) is 19.5. The summed E-state index contributed by atoms with van der Waals surface area (Å²) in [5.41, 5.74) is 7.61. The minimum atomic E-state index is -0.278. The summed E-state index contributed by atoms with van der Waals surface area (Å²) >= 11 is 7.46. The number of nitrogens with zero attached hydrogens (tertiary/aromatic N) is 3. The van der Waals surface area contributed by atoms with E-state index in [9.17, 15) is 4.79 Å². The quantitative estimate of drug-likeness (QED) is 0.555. The van der Waals surface area contributed by atoms with Crippen molar-refractivity contribution in [3.8, 4) is 11.4 Å². The first-order chi connectivity index (χ1) is 14.7. The lowest BCUT2D eigenvalue weighted by molar-refractivity contribution is -0.124. The summed E-state index contributed by atoms with van der Waals surface area (Å²) < 4.78 is 5.42. The second-order valence-electron chi connectivity index (χ2n) is 7.00. The highest BCUT2D eigenvalue weighted by Crippen LogP contribution is 2.31. The zero-order chi connectivity index (χ0) is 20.5. The van der Waals surface area contributed by atoms with Crippen LogP contribution in [0.5, 0.6) is 0 Å². The fraction of sp³-hybridized carbons (Fsp3) is 0.250. The molecule has 0 aliphatic carbocycles. The van der Waals surface area contributed by atoms with E-state index in [-0.39, 0.29) is 23.5 Å². The molecule has 2 aromatic carbocycles. The van der Waals surface area contributed by atoms with Crippen LogP contribution in [-0.2, 0) is 10.5 Å². The largest absolute Gasteiger partial charge is 0.338 e. The van der Waals surface area contributed by atoms with Crippen LogP contribution in [0.25, 0.3) is 11.4 Å². The Bertz CT molecular complexity index is 1030. The summed E-state index contributed by atoms with van der Waals surface area (Å²) in [5, 5.41) is 8.21. The van der Waals surface area contributed by atoms with Crippen LogP contribution in [0.2, 0.25) is 5.02 Å². The molecule has 30 heavy (non-hydrogen) atoms. The van der Waals surface area contributed by atoms with Crippen LogP contribution < -0.4 is 21.1 Å². The lowest BCUT2D eigenvalue weighted by atomic mass is 10.0. The summed E-state index contributed by atoms with van der Waals surface area (Å²) in [6.07, 6.45) is -0.123. The molecular weight excluding hydrogens is 424 g/mol. The molecule has 8 nitrogen and oxygen atoms in total. The first-order valence-corrected chi connectivity index (χ1v) is 10.9. The molecule has 3 aromatic rings. The van der Waals surface area contributed by atoms with Gasteiger partial charge < -0.3 is 4.52 Å². The van der Waals surface area contributed by atoms with Crippen molar-refractivity contribution < 1.29 is 9.32 Å². The number of para-hydroxylation sites is 1. The number of rotatable bonds is 5. The predicted octanol–water partition coefficient (Wildman–Crippen LogP) is 2.59. The van der Waals surface area contributed by atoms with Gasteiger partial charge in [-0.15, -0.1) is 11.8 Å². The number of nitrogens with one attached hydrogen (secondary N) is 3. The predicted molar refractivity (Wildman–Crippen MR) is 115 cm³/mol. The molecule has 2 saturated heterocycles. The van der Waals surface area contributed by atoms with Gasteiger partial charge in [0.15, 0.2) is 0 Å². The van der Waals surface area contributed by atoms with E-state index in [4.69, 9.17) is 16.1 Å². The highest BCUT2D eigenvalue weighted by molar-refractivity contribution is 7.99. The van der Waals surface area contributed by atoms with Gasteiger partial charge in [0.1, 0.15) is 5.50 Å². The second-order valence-corrected chi connectivity index (χ2v) is 8.51. The molecule has 1 amide bonds. The number of carbonyl (C=O) groups excluding carboxylic acids is 1. The van der Waals surface area contributed by atoms with Gasteiger partial charge in [0.2, 0.25) is 17.6 Å². The maximum absolute atomic E-state index is 13.2. The number of carbonyl (C=O) groups is 1. The van der Waals surface area contributed by atoms with E-state index in [1.807, 2.05) is 42.5 Å². The molecule has 2 fully saturated rings. The van der Waals surface area contributed by atoms with E-state index < -0.39 is 0 Å². The molecule has 3 N–H and O–H groups in total. The monoisotopic (exact) mass is 442 g/mol. The Morgan fingerprint density at radius 1 is 1.17 bits per heavy atom. The normalized spacial score (nSPS) is 23.6. The molecule has 3 unspecified atom stereocenters. The van der Waals surface area contributed by atoms with Gasteiger partial charge in [-0.05, 0) is 36.4 Å². The van der Waals surface area contributed by atoms with Crippen molar-refractivity contribution in [2.24, 2.45) is 5.92 Å². The third kappa shape index (κ3) is 3.82. The molecule has 3 atom stereocenters. The first-order valence-electron chi connectivity index (χ1n) is 9.52. The molecule has 3 heterocycles. The zero-order valence-electron chi connectivity index (χ0n) is 15.8. The number of halogens is 1. The average Bonchev–Trinajstić information content (AvgIpc) is 3.43. The number of hydrazine groups is 1. The molecule has 154 valence electrons. The second kappa shape index (κ2) is 8.37. The summed E-state index contributed by atoms with van der Waals surface area (Å²) in [7, 11) is 0. The molecule has 5 rings (SSSR count). The lowest BCUT2D eigenvalue weighted by Gasteiger charge is -2.41. The Morgan fingerprint density at radius 3 is 2.77 bits per heavy atom. The lowest BCUT2D eigenvalue weighted by Crippen LogP contribution is -2.64. The van der Waals surface area contributed by atoms with Crippen molar-refractivity contribution in [1.82, 2.24) is 26.3 Å². The van der Waals surface area contributed by atoms with Crippen molar-refractivity contribution in [2.45, 2.75) is 17.4 Å². The molecule has 0 radical (unpaired) electrons. The third-order valence-corrected chi connectivity index (χ3v) is 6.39. The molecule has 2 aliphatic heterocycles. The number of fused-ring (bicyclic) bond motifs is 1. The van der Waals surface area contributed by atoms with Gasteiger partial charge in [0, 0.05) is 22.8 Å². The Labute approximate surface area is 182 Å². The minimum absolute atomic E-state index is 0.0762. The molecule has 10 heteroatoms. The average molecular weight is 443 g/mol. The van der Waals surface area contributed by atoms with Crippen LogP contribution in [0.3, 0.4) is 0 Å². The summed E-state index contributed by atoms with van der Waals surface area (Å²) in [6, 6.07) is 16.9. The Hall–Kier alpha value is -2.43. The number of aromatic nitrogens is 2. The zero-order valence-corrected chi connectivity index (χ0v) is 17.4. The van der Waals surface area contributed by atoms with E-state index in [0.717, 1.165) is 11.3 Å². The Morgan fingerprint density at radius 2 is 1.97 bits per heavy atom. The first kappa shape index (κ1) is 19.5.